The molecule has 3 heterocycles. The Bertz CT molecular complexity index is 1670. The van der Waals surface area contributed by atoms with Crippen LogP contribution in [0.1, 0.15) is 28.1 Å². The van der Waals surface area contributed by atoms with E-state index in [0.29, 0.717) is 28.3 Å². The van der Waals surface area contributed by atoms with Crippen LogP contribution >= 0.6 is 11.6 Å². The largest absolute Gasteiger partial charge is 0.485 e. The monoisotopic (exact) mass is 502 g/mol. The van der Waals surface area contributed by atoms with E-state index in [1.54, 1.807) is 31.3 Å². The number of halogens is 2. The van der Waals surface area contributed by atoms with Crippen LogP contribution in [-0.2, 0) is 6.61 Å². The van der Waals surface area contributed by atoms with E-state index in [9.17, 15) is 9.18 Å². The first-order valence-electron chi connectivity index (χ1n) is 11.5. The third-order valence-corrected chi connectivity index (χ3v) is 6.52. The minimum Gasteiger partial charge on any atom is -0.485 e. The van der Waals surface area contributed by atoms with Gasteiger partial charge in [0.15, 0.2) is 11.4 Å². The van der Waals surface area contributed by atoms with Crippen molar-refractivity contribution in [1.29, 1.82) is 0 Å². The highest BCUT2D eigenvalue weighted by atomic mass is 35.5. The second kappa shape index (κ2) is 9.24. The Morgan fingerprint density at radius 3 is 2.61 bits per heavy atom. The van der Waals surface area contributed by atoms with Gasteiger partial charge in [0.1, 0.15) is 18.1 Å². The quantitative estimate of drug-likeness (QED) is 0.289. The van der Waals surface area contributed by atoms with Crippen molar-refractivity contribution in [2.75, 3.05) is 0 Å². The van der Waals surface area contributed by atoms with Crippen LogP contribution in [0.2, 0.25) is 5.02 Å². The molecule has 3 aromatic heterocycles. The van der Waals surface area contributed by atoms with E-state index >= 15 is 0 Å². The van der Waals surface area contributed by atoms with Gasteiger partial charge in [-0.1, -0.05) is 29.8 Å². The van der Waals surface area contributed by atoms with Crippen molar-refractivity contribution in [3.05, 3.63) is 110 Å². The lowest BCUT2D eigenvalue weighted by Crippen LogP contribution is -2.19. The zero-order valence-electron chi connectivity index (χ0n) is 20.3. The summed E-state index contributed by atoms with van der Waals surface area (Å²) in [4.78, 5) is 18.3. The number of benzene rings is 2. The van der Waals surface area contributed by atoms with Gasteiger partial charge in [0.25, 0.3) is 5.56 Å². The summed E-state index contributed by atoms with van der Waals surface area (Å²) in [5.41, 5.74) is 5.86. The summed E-state index contributed by atoms with van der Waals surface area (Å²) in [6, 6.07) is 15.9. The number of hydrogen-bond acceptors (Lipinski definition) is 4. The van der Waals surface area contributed by atoms with Crippen molar-refractivity contribution < 1.29 is 9.13 Å². The number of rotatable bonds is 5. The van der Waals surface area contributed by atoms with E-state index < -0.39 is 5.82 Å². The van der Waals surface area contributed by atoms with E-state index in [2.05, 4.69) is 23.2 Å². The lowest BCUT2D eigenvalue weighted by atomic mass is 10.1. The Labute approximate surface area is 212 Å². The molecular weight excluding hydrogens is 479 g/mol. The Morgan fingerprint density at radius 2 is 1.83 bits per heavy atom. The van der Waals surface area contributed by atoms with Gasteiger partial charge in [-0.2, -0.15) is 5.10 Å². The molecule has 0 radical (unpaired) electrons. The molecule has 36 heavy (non-hydrogen) atoms. The van der Waals surface area contributed by atoms with E-state index in [1.165, 1.54) is 16.5 Å². The third kappa shape index (κ3) is 4.16. The zero-order chi connectivity index (χ0) is 25.6. The van der Waals surface area contributed by atoms with Gasteiger partial charge in [-0.05, 0) is 75.2 Å². The lowest BCUT2D eigenvalue weighted by molar-refractivity contribution is 0.301. The van der Waals surface area contributed by atoms with Crippen molar-refractivity contribution >= 4 is 17.2 Å². The lowest BCUT2D eigenvalue weighted by Gasteiger charge is -2.12. The maximum atomic E-state index is 14.2. The number of fused-ring (bicyclic) bond motifs is 1. The van der Waals surface area contributed by atoms with Crippen LogP contribution in [0.25, 0.3) is 22.6 Å². The highest BCUT2D eigenvalue weighted by Crippen LogP contribution is 2.27. The topological polar surface area (TPSA) is 61.4 Å². The highest BCUT2D eigenvalue weighted by molar-refractivity contribution is 6.31. The molecule has 0 amide bonds. The van der Waals surface area contributed by atoms with Gasteiger partial charge in [-0.15, -0.1) is 0 Å². The van der Waals surface area contributed by atoms with E-state index in [4.69, 9.17) is 21.4 Å². The number of nitrogens with zero attached hydrogens (tertiary/aromatic N) is 4. The van der Waals surface area contributed by atoms with E-state index in [1.807, 2.05) is 31.5 Å². The maximum Gasteiger partial charge on any atom is 0.267 e. The van der Waals surface area contributed by atoms with Crippen LogP contribution in [0.5, 0.6) is 5.75 Å². The first-order valence-corrected chi connectivity index (χ1v) is 11.8. The Morgan fingerprint density at radius 1 is 1.03 bits per heavy atom. The second-order valence-corrected chi connectivity index (χ2v) is 9.21. The molecule has 6 nitrogen and oxygen atoms in total. The summed E-state index contributed by atoms with van der Waals surface area (Å²) in [6.45, 7) is 7.70. The SMILES string of the molecule is Cc1ccc(C)c(-n2nc(-c3c(C)nc4c(OCc5c(F)cccc5Cl)cccn4c3=O)cc2C)c1. The molecule has 0 saturated heterocycles. The molecule has 2 aromatic carbocycles. The average molecular weight is 503 g/mol. The zero-order valence-corrected chi connectivity index (χ0v) is 21.1. The number of ether oxygens (including phenoxy) is 1. The van der Waals surface area contributed by atoms with Crippen LogP contribution in [-0.4, -0.2) is 19.2 Å². The molecule has 0 N–H and O–H groups in total. The van der Waals surface area contributed by atoms with Crippen molar-refractivity contribution in [2.24, 2.45) is 0 Å². The molecule has 0 unspecified atom stereocenters. The molecule has 0 fully saturated rings. The first-order chi connectivity index (χ1) is 17.2. The van der Waals surface area contributed by atoms with Crippen LogP contribution < -0.4 is 10.3 Å². The average Bonchev–Trinajstić information content (AvgIpc) is 3.21. The van der Waals surface area contributed by atoms with E-state index in [-0.39, 0.29) is 22.8 Å². The van der Waals surface area contributed by atoms with Crippen LogP contribution in [0.4, 0.5) is 4.39 Å². The van der Waals surface area contributed by atoms with Crippen molar-refractivity contribution in [3.63, 3.8) is 0 Å². The van der Waals surface area contributed by atoms with Crippen molar-refractivity contribution in [1.82, 2.24) is 19.2 Å². The van der Waals surface area contributed by atoms with Gasteiger partial charge in [0.2, 0.25) is 0 Å². The summed E-state index contributed by atoms with van der Waals surface area (Å²) in [7, 11) is 0. The highest BCUT2D eigenvalue weighted by Gasteiger charge is 2.19. The Balaban J connectivity index is 1.57. The molecule has 0 aliphatic carbocycles. The third-order valence-electron chi connectivity index (χ3n) is 6.17. The smallest absolute Gasteiger partial charge is 0.267 e. The number of hydrogen-bond donors (Lipinski definition) is 0. The fourth-order valence-electron chi connectivity index (χ4n) is 4.26. The maximum absolute atomic E-state index is 14.2. The second-order valence-electron chi connectivity index (χ2n) is 8.81. The molecule has 0 spiro atoms. The van der Waals surface area contributed by atoms with Crippen molar-refractivity contribution in [3.8, 4) is 22.7 Å². The summed E-state index contributed by atoms with van der Waals surface area (Å²) < 4.78 is 23.3. The first kappa shape index (κ1) is 23.8. The normalized spacial score (nSPS) is 11.3. The summed E-state index contributed by atoms with van der Waals surface area (Å²) >= 11 is 6.13. The van der Waals surface area contributed by atoms with Crippen LogP contribution in [0, 0.1) is 33.5 Å². The Hall–Kier alpha value is -3.97. The Kier molecular flexibility index (Phi) is 6.10. The van der Waals surface area contributed by atoms with Gasteiger partial charge < -0.3 is 4.74 Å². The molecule has 182 valence electrons. The standard InChI is InChI=1S/C28H24ClFN4O2/c1-16-10-11-17(2)24(13-16)34-18(3)14-23(32-34)26-19(4)31-27-25(9-6-12-33(27)28(26)35)36-15-20-21(29)7-5-8-22(20)30/h5-14H,15H2,1-4H3. The molecule has 5 rings (SSSR count). The van der Waals surface area contributed by atoms with Crippen molar-refractivity contribution in [2.45, 2.75) is 34.3 Å². The molecule has 0 aliphatic heterocycles. The van der Waals surface area contributed by atoms with Gasteiger partial charge in [0.05, 0.1) is 22.0 Å². The molecule has 0 atom stereocenters. The van der Waals surface area contributed by atoms with Gasteiger partial charge in [0, 0.05) is 17.5 Å². The summed E-state index contributed by atoms with van der Waals surface area (Å²) in [6.07, 6.45) is 1.63. The van der Waals surface area contributed by atoms with E-state index in [0.717, 1.165) is 22.5 Å². The molecule has 5 aromatic rings. The van der Waals surface area contributed by atoms with Gasteiger partial charge >= 0.3 is 0 Å². The summed E-state index contributed by atoms with van der Waals surface area (Å²) in [5, 5.41) is 5.05. The molecular formula is C28H24ClFN4O2. The number of aromatic nitrogens is 4. The fourth-order valence-corrected chi connectivity index (χ4v) is 4.48. The van der Waals surface area contributed by atoms with Gasteiger partial charge in [-0.25, -0.2) is 14.1 Å². The summed E-state index contributed by atoms with van der Waals surface area (Å²) in [5.74, 6) is -0.109. The molecule has 0 saturated carbocycles. The predicted octanol–water partition coefficient (Wildman–Crippen LogP) is 6.15. The van der Waals surface area contributed by atoms with Crippen LogP contribution in [0.3, 0.4) is 0 Å². The van der Waals surface area contributed by atoms with Crippen LogP contribution in [0.15, 0.2) is 65.6 Å². The minimum absolute atomic E-state index is 0.0959. The number of pyridine rings is 1. The van der Waals surface area contributed by atoms with Gasteiger partial charge in [-0.3, -0.25) is 9.20 Å². The minimum atomic E-state index is -0.457. The molecule has 0 aliphatic rings. The number of aryl methyl sites for hydroxylation is 4. The fraction of sp³-hybridized carbons (Fsp3) is 0.179. The predicted molar refractivity (Wildman–Crippen MR) is 139 cm³/mol. The molecule has 0 bridgehead atoms. The molecule has 8 heteroatoms.